The van der Waals surface area contributed by atoms with E-state index in [2.05, 4.69) is 10.3 Å². The number of pyridine rings is 1. The average molecular weight is 263 g/mol. The molecule has 0 aliphatic carbocycles. The molecule has 1 N–H and O–H groups in total. The molecule has 1 atom stereocenters. The van der Waals surface area contributed by atoms with Gasteiger partial charge in [0.05, 0.1) is 13.2 Å². The van der Waals surface area contributed by atoms with E-state index in [1.54, 1.807) is 43.4 Å². The van der Waals surface area contributed by atoms with Crippen LogP contribution in [0.1, 0.15) is 17.3 Å². The Morgan fingerprint density at radius 3 is 2.74 bits per heavy atom. The minimum atomic E-state index is -0.990. The molecule has 0 radical (unpaired) electrons. The molecule has 2 rings (SSSR count). The van der Waals surface area contributed by atoms with E-state index in [1.807, 2.05) is 0 Å². The van der Waals surface area contributed by atoms with Crippen molar-refractivity contribution in [3.05, 3.63) is 30.1 Å². The van der Waals surface area contributed by atoms with Crippen molar-refractivity contribution in [2.45, 2.75) is 12.5 Å². The Bertz CT molecular complexity index is 477. The van der Waals surface area contributed by atoms with Crippen molar-refractivity contribution in [2.75, 3.05) is 26.7 Å². The van der Waals surface area contributed by atoms with E-state index in [0.29, 0.717) is 18.7 Å². The second-order valence-electron chi connectivity index (χ2n) is 4.62. The first kappa shape index (κ1) is 13.5. The van der Waals surface area contributed by atoms with Crippen molar-refractivity contribution in [1.29, 1.82) is 0 Å². The normalized spacial score (nSPS) is 22.9. The lowest BCUT2D eigenvalue weighted by Crippen LogP contribution is -2.58. The minimum Gasteiger partial charge on any atom is -0.362 e. The molecule has 1 saturated heterocycles. The number of morpholine rings is 1. The van der Waals surface area contributed by atoms with Gasteiger partial charge in [-0.2, -0.15) is 0 Å². The number of nitrogens with one attached hydrogen (secondary N) is 1. The Morgan fingerprint density at radius 2 is 2.11 bits per heavy atom. The Balaban J connectivity index is 2.14. The van der Waals surface area contributed by atoms with Gasteiger partial charge in [0.25, 0.3) is 11.8 Å². The Hall–Kier alpha value is -1.95. The number of carbonyl (C=O) groups excluding carboxylic acids is 2. The van der Waals surface area contributed by atoms with Gasteiger partial charge in [-0.1, -0.05) is 0 Å². The van der Waals surface area contributed by atoms with Crippen molar-refractivity contribution >= 4 is 11.8 Å². The van der Waals surface area contributed by atoms with Gasteiger partial charge in [0, 0.05) is 31.5 Å². The number of carbonyl (C=O) groups is 2. The van der Waals surface area contributed by atoms with Crippen molar-refractivity contribution in [2.24, 2.45) is 0 Å². The van der Waals surface area contributed by atoms with Crippen LogP contribution in [0.2, 0.25) is 0 Å². The first-order valence-electron chi connectivity index (χ1n) is 6.12. The third-order valence-corrected chi connectivity index (χ3v) is 3.20. The van der Waals surface area contributed by atoms with Crippen LogP contribution in [0, 0.1) is 0 Å². The molecule has 0 saturated carbocycles. The number of hydrogen-bond donors (Lipinski definition) is 1. The van der Waals surface area contributed by atoms with E-state index in [4.69, 9.17) is 4.74 Å². The number of likely N-dealkylation sites (N-methyl/N-ethyl adjacent to an activating group) is 1. The van der Waals surface area contributed by atoms with Gasteiger partial charge in [-0.05, 0) is 19.1 Å². The molecule has 6 heteroatoms. The summed E-state index contributed by atoms with van der Waals surface area (Å²) in [6.45, 7) is 2.76. The molecule has 19 heavy (non-hydrogen) atoms. The Kier molecular flexibility index (Phi) is 3.80. The fourth-order valence-electron chi connectivity index (χ4n) is 2.12. The van der Waals surface area contributed by atoms with Crippen molar-refractivity contribution in [3.8, 4) is 0 Å². The van der Waals surface area contributed by atoms with E-state index >= 15 is 0 Å². The van der Waals surface area contributed by atoms with Crippen LogP contribution < -0.4 is 5.32 Å². The lowest BCUT2D eigenvalue weighted by atomic mass is 10.0. The maximum atomic E-state index is 12.3. The van der Waals surface area contributed by atoms with Gasteiger partial charge in [0.15, 0.2) is 5.60 Å². The second kappa shape index (κ2) is 5.36. The van der Waals surface area contributed by atoms with Gasteiger partial charge in [-0.25, -0.2) is 0 Å². The largest absolute Gasteiger partial charge is 0.362 e. The zero-order chi connectivity index (χ0) is 13.9. The van der Waals surface area contributed by atoms with Crippen LogP contribution in [0.15, 0.2) is 24.5 Å². The molecule has 102 valence electrons. The molecular weight excluding hydrogens is 246 g/mol. The monoisotopic (exact) mass is 263 g/mol. The van der Waals surface area contributed by atoms with Crippen molar-refractivity contribution < 1.29 is 14.3 Å². The van der Waals surface area contributed by atoms with Gasteiger partial charge in [-0.3, -0.25) is 14.6 Å². The van der Waals surface area contributed by atoms with Crippen LogP contribution in [-0.4, -0.2) is 54.0 Å². The number of aromatic nitrogens is 1. The smallest absolute Gasteiger partial charge is 0.254 e. The summed E-state index contributed by atoms with van der Waals surface area (Å²) in [5.74, 6) is -0.333. The summed E-state index contributed by atoms with van der Waals surface area (Å²) >= 11 is 0. The van der Waals surface area contributed by atoms with E-state index < -0.39 is 5.60 Å². The molecule has 1 aliphatic rings. The Morgan fingerprint density at radius 1 is 1.42 bits per heavy atom. The summed E-state index contributed by atoms with van der Waals surface area (Å²) in [6.07, 6.45) is 3.15. The molecule has 2 amide bonds. The zero-order valence-corrected chi connectivity index (χ0v) is 11.0. The highest BCUT2D eigenvalue weighted by Gasteiger charge is 2.40. The van der Waals surface area contributed by atoms with Crippen molar-refractivity contribution in [1.82, 2.24) is 15.2 Å². The molecule has 0 aromatic carbocycles. The molecule has 2 heterocycles. The molecule has 1 aliphatic heterocycles. The molecule has 0 bridgehead atoms. The summed E-state index contributed by atoms with van der Waals surface area (Å²) in [5, 5.41) is 2.56. The van der Waals surface area contributed by atoms with E-state index in [0.717, 1.165) is 0 Å². The van der Waals surface area contributed by atoms with Crippen LogP contribution in [0.3, 0.4) is 0 Å². The number of ether oxygens (including phenoxy) is 1. The van der Waals surface area contributed by atoms with E-state index in [-0.39, 0.29) is 18.4 Å². The molecule has 6 nitrogen and oxygen atoms in total. The summed E-state index contributed by atoms with van der Waals surface area (Å²) in [4.78, 5) is 29.6. The maximum absolute atomic E-state index is 12.3. The lowest BCUT2D eigenvalue weighted by molar-refractivity contribution is -0.153. The highest BCUT2D eigenvalue weighted by atomic mass is 16.5. The standard InChI is InChI=1S/C13H17N3O3/c1-13(12(18)14-2)9-16(7-8-19-13)11(17)10-3-5-15-6-4-10/h3-6H,7-9H2,1-2H3,(H,14,18). The lowest BCUT2D eigenvalue weighted by Gasteiger charge is -2.39. The van der Waals surface area contributed by atoms with Crippen LogP contribution >= 0.6 is 0 Å². The third-order valence-electron chi connectivity index (χ3n) is 3.20. The van der Waals surface area contributed by atoms with Gasteiger partial charge >= 0.3 is 0 Å². The SMILES string of the molecule is CNC(=O)C1(C)CN(C(=O)c2ccncc2)CCO1. The topological polar surface area (TPSA) is 71.5 Å². The number of nitrogens with zero attached hydrogens (tertiary/aromatic N) is 2. The van der Waals surface area contributed by atoms with Crippen LogP contribution in [0.5, 0.6) is 0 Å². The first-order chi connectivity index (χ1) is 9.07. The third kappa shape index (κ3) is 2.73. The number of hydrogen-bond acceptors (Lipinski definition) is 4. The van der Waals surface area contributed by atoms with Crippen LogP contribution in [0.25, 0.3) is 0 Å². The van der Waals surface area contributed by atoms with Crippen LogP contribution in [-0.2, 0) is 9.53 Å². The quantitative estimate of drug-likeness (QED) is 0.819. The van der Waals surface area contributed by atoms with Crippen molar-refractivity contribution in [3.63, 3.8) is 0 Å². The van der Waals surface area contributed by atoms with Gasteiger partial charge in [0.2, 0.25) is 0 Å². The predicted octanol–water partition coefficient (Wildman–Crippen LogP) is 0.0587. The maximum Gasteiger partial charge on any atom is 0.254 e. The fourth-order valence-corrected chi connectivity index (χ4v) is 2.12. The average Bonchev–Trinajstić information content (AvgIpc) is 2.46. The zero-order valence-electron chi connectivity index (χ0n) is 11.0. The van der Waals surface area contributed by atoms with E-state index in [1.165, 1.54) is 0 Å². The molecular formula is C13H17N3O3. The predicted molar refractivity (Wildman–Crippen MR) is 68.6 cm³/mol. The molecule has 1 aromatic rings. The summed E-state index contributed by atoms with van der Waals surface area (Å²) in [7, 11) is 1.56. The molecule has 0 spiro atoms. The van der Waals surface area contributed by atoms with Crippen LogP contribution in [0.4, 0.5) is 0 Å². The highest BCUT2D eigenvalue weighted by Crippen LogP contribution is 2.19. The van der Waals surface area contributed by atoms with Gasteiger partial charge < -0.3 is 15.0 Å². The molecule has 1 aromatic heterocycles. The first-order valence-corrected chi connectivity index (χ1v) is 6.12. The number of rotatable bonds is 2. The fraction of sp³-hybridized carbons (Fsp3) is 0.462. The Labute approximate surface area is 111 Å². The summed E-state index contributed by atoms with van der Waals surface area (Å²) < 4.78 is 5.52. The van der Waals surface area contributed by atoms with E-state index in [9.17, 15) is 9.59 Å². The summed E-state index contributed by atoms with van der Waals surface area (Å²) in [5.41, 5.74) is -0.425. The highest BCUT2D eigenvalue weighted by molar-refractivity contribution is 5.95. The number of amides is 2. The summed E-state index contributed by atoms with van der Waals surface area (Å²) in [6, 6.07) is 3.32. The minimum absolute atomic E-state index is 0.110. The van der Waals surface area contributed by atoms with Gasteiger partial charge in [0.1, 0.15) is 0 Å². The molecule has 1 fully saturated rings. The second-order valence-corrected chi connectivity index (χ2v) is 4.62. The molecule has 1 unspecified atom stereocenters. The van der Waals surface area contributed by atoms with Gasteiger partial charge in [-0.15, -0.1) is 0 Å².